The molecular weight excluding hydrogens is 346 g/mol. The van der Waals surface area contributed by atoms with Crippen molar-refractivity contribution < 1.29 is 9.21 Å². The van der Waals surface area contributed by atoms with Crippen LogP contribution in [0, 0.1) is 0 Å². The van der Waals surface area contributed by atoms with Gasteiger partial charge in [-0.15, -0.1) is 0 Å². The number of fused-ring (bicyclic) bond motifs is 1. The van der Waals surface area contributed by atoms with E-state index in [1.165, 1.54) is 5.56 Å². The van der Waals surface area contributed by atoms with E-state index in [-0.39, 0.29) is 11.3 Å². The summed E-state index contributed by atoms with van der Waals surface area (Å²) in [5, 5.41) is 4.03. The van der Waals surface area contributed by atoms with E-state index in [2.05, 4.69) is 26.1 Å². The van der Waals surface area contributed by atoms with E-state index in [0.29, 0.717) is 5.56 Å². The molecule has 0 aliphatic heterocycles. The van der Waals surface area contributed by atoms with E-state index < -0.39 is 0 Å². The smallest absolute Gasteiger partial charge is 0.255 e. The number of benzene rings is 3. The molecule has 0 saturated heterocycles. The Morgan fingerprint density at radius 1 is 0.857 bits per heavy atom. The van der Waals surface area contributed by atoms with Crippen LogP contribution in [-0.4, -0.2) is 5.91 Å². The standard InChI is InChI=1S/C25H23NO2/c1-25(2,3)20-12-8-18(9-13-20)24(27)26-21-14-10-17(11-15-21)23-16-19-6-4-5-7-22(19)28-23/h4-16H,1-3H3,(H,26,27). The molecule has 1 amide bonds. The number of furan rings is 1. The fraction of sp³-hybridized carbons (Fsp3) is 0.160. The molecule has 4 aromatic rings. The van der Waals surface area contributed by atoms with Gasteiger partial charge in [-0.05, 0) is 59.5 Å². The number of hydrogen-bond acceptors (Lipinski definition) is 2. The van der Waals surface area contributed by atoms with E-state index in [0.717, 1.165) is 28.0 Å². The van der Waals surface area contributed by atoms with Crippen LogP contribution in [0.1, 0.15) is 36.7 Å². The molecule has 0 fully saturated rings. The van der Waals surface area contributed by atoms with Gasteiger partial charge >= 0.3 is 0 Å². The number of rotatable bonds is 3. The molecule has 3 heteroatoms. The molecule has 3 nitrogen and oxygen atoms in total. The number of nitrogens with one attached hydrogen (secondary N) is 1. The molecule has 1 aromatic heterocycles. The quantitative estimate of drug-likeness (QED) is 0.439. The Hall–Kier alpha value is -3.33. The zero-order valence-electron chi connectivity index (χ0n) is 16.3. The van der Waals surface area contributed by atoms with Gasteiger partial charge in [0.15, 0.2) is 0 Å². The number of carbonyl (C=O) groups is 1. The average molecular weight is 369 g/mol. The Morgan fingerprint density at radius 2 is 1.54 bits per heavy atom. The highest BCUT2D eigenvalue weighted by Crippen LogP contribution is 2.28. The van der Waals surface area contributed by atoms with Crippen molar-refractivity contribution in [1.82, 2.24) is 0 Å². The lowest BCUT2D eigenvalue weighted by atomic mass is 9.87. The van der Waals surface area contributed by atoms with Crippen LogP contribution in [0.5, 0.6) is 0 Å². The van der Waals surface area contributed by atoms with Gasteiger partial charge in [0.25, 0.3) is 5.91 Å². The Labute approximate surface area is 165 Å². The first-order valence-corrected chi connectivity index (χ1v) is 9.41. The third-order valence-electron chi connectivity index (χ3n) is 4.87. The molecule has 3 aromatic carbocycles. The van der Waals surface area contributed by atoms with E-state index in [1.807, 2.05) is 78.9 Å². The highest BCUT2D eigenvalue weighted by molar-refractivity contribution is 6.04. The molecule has 0 spiro atoms. The second kappa shape index (κ2) is 7.01. The van der Waals surface area contributed by atoms with Crippen LogP contribution in [0.3, 0.4) is 0 Å². The topological polar surface area (TPSA) is 42.2 Å². The fourth-order valence-electron chi connectivity index (χ4n) is 3.17. The van der Waals surface area contributed by atoms with Gasteiger partial charge in [-0.2, -0.15) is 0 Å². The third-order valence-corrected chi connectivity index (χ3v) is 4.87. The number of hydrogen-bond donors (Lipinski definition) is 1. The molecule has 1 heterocycles. The van der Waals surface area contributed by atoms with Crippen LogP contribution in [0.25, 0.3) is 22.3 Å². The predicted octanol–water partition coefficient (Wildman–Crippen LogP) is 6.65. The summed E-state index contributed by atoms with van der Waals surface area (Å²) in [6.45, 7) is 6.48. The molecule has 0 radical (unpaired) electrons. The molecule has 0 bridgehead atoms. The van der Waals surface area contributed by atoms with Crippen LogP contribution in [0.15, 0.2) is 83.3 Å². The summed E-state index contributed by atoms with van der Waals surface area (Å²) in [7, 11) is 0. The highest BCUT2D eigenvalue weighted by Gasteiger charge is 2.14. The number of amides is 1. The van der Waals surface area contributed by atoms with Crippen molar-refractivity contribution in [2.45, 2.75) is 26.2 Å². The van der Waals surface area contributed by atoms with Crippen LogP contribution >= 0.6 is 0 Å². The zero-order chi connectivity index (χ0) is 19.7. The number of carbonyl (C=O) groups excluding carboxylic acids is 1. The van der Waals surface area contributed by atoms with Crippen molar-refractivity contribution >= 4 is 22.6 Å². The van der Waals surface area contributed by atoms with E-state index >= 15 is 0 Å². The van der Waals surface area contributed by atoms with Crippen LogP contribution in [-0.2, 0) is 5.41 Å². The summed E-state index contributed by atoms with van der Waals surface area (Å²) in [5.74, 6) is 0.703. The molecule has 4 rings (SSSR count). The van der Waals surface area contributed by atoms with E-state index in [4.69, 9.17) is 4.42 Å². The normalized spacial score (nSPS) is 11.5. The Bertz CT molecular complexity index is 1080. The first-order chi connectivity index (χ1) is 13.4. The van der Waals surface area contributed by atoms with Crippen molar-refractivity contribution in [1.29, 1.82) is 0 Å². The van der Waals surface area contributed by atoms with Crippen molar-refractivity contribution in [3.63, 3.8) is 0 Å². The third kappa shape index (κ3) is 3.70. The van der Waals surface area contributed by atoms with Gasteiger partial charge in [0.2, 0.25) is 0 Å². The predicted molar refractivity (Wildman–Crippen MR) is 115 cm³/mol. The Kier molecular flexibility index (Phi) is 4.52. The molecule has 0 unspecified atom stereocenters. The van der Waals surface area contributed by atoms with Gasteiger partial charge in [-0.3, -0.25) is 4.79 Å². The molecule has 0 aliphatic carbocycles. The lowest BCUT2D eigenvalue weighted by Crippen LogP contribution is -2.14. The second-order valence-corrected chi connectivity index (χ2v) is 8.01. The summed E-state index contributed by atoms with van der Waals surface area (Å²) >= 11 is 0. The summed E-state index contributed by atoms with van der Waals surface area (Å²) < 4.78 is 5.90. The summed E-state index contributed by atoms with van der Waals surface area (Å²) in [5.41, 5.74) is 4.53. The first kappa shape index (κ1) is 18.1. The van der Waals surface area contributed by atoms with Crippen molar-refractivity contribution in [3.05, 3.63) is 90.0 Å². The fourth-order valence-corrected chi connectivity index (χ4v) is 3.17. The minimum absolute atomic E-state index is 0.0709. The largest absolute Gasteiger partial charge is 0.456 e. The maximum atomic E-state index is 12.5. The minimum atomic E-state index is -0.114. The van der Waals surface area contributed by atoms with Crippen LogP contribution < -0.4 is 5.32 Å². The van der Waals surface area contributed by atoms with Gasteiger partial charge in [0, 0.05) is 22.2 Å². The SMILES string of the molecule is CC(C)(C)c1ccc(C(=O)Nc2ccc(-c3cc4ccccc4o3)cc2)cc1. The molecule has 140 valence electrons. The maximum Gasteiger partial charge on any atom is 0.255 e. The summed E-state index contributed by atoms with van der Waals surface area (Å²) in [4.78, 5) is 12.5. The van der Waals surface area contributed by atoms with Gasteiger partial charge in [-0.25, -0.2) is 0 Å². The van der Waals surface area contributed by atoms with Gasteiger partial charge in [0.1, 0.15) is 11.3 Å². The maximum absolute atomic E-state index is 12.5. The Morgan fingerprint density at radius 3 is 2.18 bits per heavy atom. The molecule has 0 atom stereocenters. The van der Waals surface area contributed by atoms with Gasteiger partial charge < -0.3 is 9.73 Å². The lowest BCUT2D eigenvalue weighted by Gasteiger charge is -2.19. The lowest BCUT2D eigenvalue weighted by molar-refractivity contribution is 0.102. The van der Waals surface area contributed by atoms with Gasteiger partial charge in [0.05, 0.1) is 0 Å². The monoisotopic (exact) mass is 369 g/mol. The van der Waals surface area contributed by atoms with Crippen LogP contribution in [0.2, 0.25) is 0 Å². The van der Waals surface area contributed by atoms with Crippen LogP contribution in [0.4, 0.5) is 5.69 Å². The highest BCUT2D eigenvalue weighted by atomic mass is 16.3. The number of anilines is 1. The minimum Gasteiger partial charge on any atom is -0.456 e. The summed E-state index contributed by atoms with van der Waals surface area (Å²) in [6.07, 6.45) is 0. The van der Waals surface area contributed by atoms with E-state index in [1.54, 1.807) is 0 Å². The van der Waals surface area contributed by atoms with Crippen molar-refractivity contribution in [2.75, 3.05) is 5.32 Å². The van der Waals surface area contributed by atoms with Crippen molar-refractivity contribution in [3.8, 4) is 11.3 Å². The molecule has 1 N–H and O–H groups in total. The number of para-hydroxylation sites is 1. The molecule has 0 aliphatic rings. The average Bonchev–Trinajstić information content (AvgIpc) is 3.12. The molecule has 28 heavy (non-hydrogen) atoms. The molecule has 0 saturated carbocycles. The first-order valence-electron chi connectivity index (χ1n) is 9.41. The van der Waals surface area contributed by atoms with Crippen molar-refractivity contribution in [2.24, 2.45) is 0 Å². The van der Waals surface area contributed by atoms with E-state index in [9.17, 15) is 4.79 Å². The zero-order valence-corrected chi connectivity index (χ0v) is 16.3. The summed E-state index contributed by atoms with van der Waals surface area (Å²) in [6, 6.07) is 25.4. The second-order valence-electron chi connectivity index (χ2n) is 8.01. The molecular formula is C25H23NO2. The van der Waals surface area contributed by atoms with Gasteiger partial charge in [-0.1, -0.05) is 51.1 Å². The Balaban J connectivity index is 1.49.